The summed E-state index contributed by atoms with van der Waals surface area (Å²) in [6, 6.07) is 5.91. The lowest BCUT2D eigenvalue weighted by atomic mass is 9.90. The van der Waals surface area contributed by atoms with Crippen LogP contribution in [0.15, 0.2) is 23.2 Å². The summed E-state index contributed by atoms with van der Waals surface area (Å²) < 4.78 is 11.9. The standard InChI is InChI=1S/C17H20N2O3S/c1-3-21-8-7-19-16(20)18-14-12-10-11(2)4-5-13(12)22-17(19)6-9-23-15(14)17/h4-5,10,15H,3,6-9H2,1-2H3. The van der Waals surface area contributed by atoms with Gasteiger partial charge in [-0.3, -0.25) is 4.90 Å². The maximum absolute atomic E-state index is 12.6. The zero-order valence-corrected chi connectivity index (χ0v) is 14.2. The lowest BCUT2D eigenvalue weighted by Crippen LogP contribution is -2.66. The molecule has 6 heteroatoms. The van der Waals surface area contributed by atoms with Crippen molar-refractivity contribution in [3.63, 3.8) is 0 Å². The van der Waals surface area contributed by atoms with Crippen LogP contribution in [0.4, 0.5) is 4.79 Å². The number of thioether (sulfide) groups is 1. The molecule has 1 fully saturated rings. The monoisotopic (exact) mass is 332 g/mol. The van der Waals surface area contributed by atoms with Crippen molar-refractivity contribution in [2.45, 2.75) is 31.2 Å². The largest absolute Gasteiger partial charge is 0.465 e. The molecule has 3 aliphatic heterocycles. The highest BCUT2D eigenvalue weighted by atomic mass is 32.2. The van der Waals surface area contributed by atoms with Crippen LogP contribution in [-0.4, -0.2) is 53.1 Å². The summed E-state index contributed by atoms with van der Waals surface area (Å²) in [4.78, 5) is 18.8. The van der Waals surface area contributed by atoms with Crippen LogP contribution in [0.2, 0.25) is 0 Å². The number of benzene rings is 1. The molecule has 0 saturated carbocycles. The Labute approximate surface area is 140 Å². The van der Waals surface area contributed by atoms with Crippen molar-refractivity contribution in [2.24, 2.45) is 4.99 Å². The molecule has 1 saturated heterocycles. The van der Waals surface area contributed by atoms with Gasteiger partial charge in [0.15, 0.2) is 0 Å². The minimum absolute atomic E-state index is 0.0936. The Balaban J connectivity index is 1.78. The van der Waals surface area contributed by atoms with Gasteiger partial charge in [-0.25, -0.2) is 4.79 Å². The summed E-state index contributed by atoms with van der Waals surface area (Å²) in [6.07, 6.45) is 0.826. The second-order valence-corrected chi connectivity index (χ2v) is 7.29. The Morgan fingerprint density at radius 3 is 3.22 bits per heavy atom. The molecule has 0 radical (unpaired) electrons. The number of aryl methyl sites for hydroxylation is 1. The van der Waals surface area contributed by atoms with Crippen LogP contribution in [0.1, 0.15) is 24.5 Å². The van der Waals surface area contributed by atoms with E-state index in [1.165, 1.54) is 0 Å². The van der Waals surface area contributed by atoms with Crippen LogP contribution in [0.3, 0.4) is 0 Å². The first-order chi connectivity index (χ1) is 11.2. The first-order valence-electron chi connectivity index (χ1n) is 8.05. The van der Waals surface area contributed by atoms with E-state index in [4.69, 9.17) is 9.47 Å². The van der Waals surface area contributed by atoms with Crippen molar-refractivity contribution in [1.29, 1.82) is 0 Å². The fraction of sp³-hybridized carbons (Fsp3) is 0.529. The van der Waals surface area contributed by atoms with E-state index in [9.17, 15) is 4.79 Å². The Kier molecular flexibility index (Phi) is 3.61. The normalized spacial score (nSPS) is 28.1. The number of hydrogen-bond donors (Lipinski definition) is 0. The van der Waals surface area contributed by atoms with Crippen molar-refractivity contribution in [2.75, 3.05) is 25.5 Å². The van der Waals surface area contributed by atoms with Crippen LogP contribution >= 0.6 is 11.8 Å². The molecule has 2 bridgehead atoms. The molecule has 2 unspecified atom stereocenters. The van der Waals surface area contributed by atoms with Gasteiger partial charge in [0, 0.05) is 25.1 Å². The molecule has 3 heterocycles. The van der Waals surface area contributed by atoms with Crippen LogP contribution in [-0.2, 0) is 4.74 Å². The Morgan fingerprint density at radius 2 is 2.39 bits per heavy atom. The van der Waals surface area contributed by atoms with Gasteiger partial charge in [-0.15, -0.1) is 11.8 Å². The SMILES string of the molecule is CCOCCN1C(=O)N=C2c3cc(C)ccc3OC13CCSC23. The molecule has 1 aromatic carbocycles. The summed E-state index contributed by atoms with van der Waals surface area (Å²) in [5.41, 5.74) is 2.41. The van der Waals surface area contributed by atoms with Crippen LogP contribution in [0.25, 0.3) is 0 Å². The summed E-state index contributed by atoms with van der Waals surface area (Å²) in [7, 11) is 0. The molecule has 0 spiro atoms. The third kappa shape index (κ3) is 2.19. The van der Waals surface area contributed by atoms with E-state index in [0.717, 1.165) is 34.8 Å². The Hall–Kier alpha value is -1.53. The molecular weight excluding hydrogens is 312 g/mol. The molecule has 0 aromatic heterocycles. The first kappa shape index (κ1) is 15.0. The van der Waals surface area contributed by atoms with Crippen molar-refractivity contribution >= 4 is 23.5 Å². The number of rotatable bonds is 4. The molecule has 122 valence electrons. The van der Waals surface area contributed by atoms with Crippen molar-refractivity contribution in [3.05, 3.63) is 29.3 Å². The van der Waals surface area contributed by atoms with E-state index in [1.807, 2.05) is 37.7 Å². The molecule has 0 aliphatic carbocycles. The number of hydrogen-bond acceptors (Lipinski definition) is 4. The topological polar surface area (TPSA) is 51.1 Å². The second kappa shape index (κ2) is 5.53. The van der Waals surface area contributed by atoms with Gasteiger partial charge in [-0.1, -0.05) is 11.6 Å². The molecular formula is C17H20N2O3S. The van der Waals surface area contributed by atoms with E-state index in [-0.39, 0.29) is 11.3 Å². The quantitative estimate of drug-likeness (QED) is 0.796. The average Bonchev–Trinajstić information content (AvgIpc) is 2.96. The van der Waals surface area contributed by atoms with Gasteiger partial charge < -0.3 is 9.47 Å². The molecule has 5 nitrogen and oxygen atoms in total. The number of fused-ring (bicyclic) bond motifs is 2. The molecule has 0 N–H and O–H groups in total. The van der Waals surface area contributed by atoms with Crippen LogP contribution in [0, 0.1) is 6.92 Å². The number of ether oxygens (including phenoxy) is 2. The van der Waals surface area contributed by atoms with E-state index in [1.54, 1.807) is 4.90 Å². The molecule has 3 aliphatic rings. The molecule has 2 atom stereocenters. The predicted octanol–water partition coefficient (Wildman–Crippen LogP) is 2.85. The number of nitrogens with zero attached hydrogens (tertiary/aromatic N) is 2. The van der Waals surface area contributed by atoms with Gasteiger partial charge in [0.1, 0.15) is 11.0 Å². The van der Waals surface area contributed by atoms with Gasteiger partial charge in [0.25, 0.3) is 0 Å². The number of carbonyl (C=O) groups is 1. The Bertz CT molecular complexity index is 690. The van der Waals surface area contributed by atoms with Crippen molar-refractivity contribution < 1.29 is 14.3 Å². The third-order valence-corrected chi connectivity index (χ3v) is 6.03. The first-order valence-corrected chi connectivity index (χ1v) is 9.10. The number of amides is 2. The maximum atomic E-state index is 12.6. The molecule has 2 amide bonds. The van der Waals surface area contributed by atoms with Crippen LogP contribution in [0.5, 0.6) is 5.75 Å². The lowest BCUT2D eigenvalue weighted by Gasteiger charge is -2.49. The highest BCUT2D eigenvalue weighted by molar-refractivity contribution is 8.01. The highest BCUT2D eigenvalue weighted by Gasteiger charge is 2.59. The minimum Gasteiger partial charge on any atom is -0.465 e. The van der Waals surface area contributed by atoms with Gasteiger partial charge in [0.05, 0.1) is 12.3 Å². The van der Waals surface area contributed by atoms with Crippen LogP contribution < -0.4 is 4.74 Å². The lowest BCUT2D eigenvalue weighted by molar-refractivity contribution is -0.0602. The minimum atomic E-state index is -0.599. The summed E-state index contributed by atoms with van der Waals surface area (Å²) in [6.45, 7) is 5.67. The predicted molar refractivity (Wildman–Crippen MR) is 90.5 cm³/mol. The number of carbonyl (C=O) groups excluding carboxylic acids is 1. The second-order valence-electron chi connectivity index (χ2n) is 6.08. The Morgan fingerprint density at radius 1 is 1.52 bits per heavy atom. The molecule has 1 aromatic rings. The van der Waals surface area contributed by atoms with E-state index >= 15 is 0 Å². The fourth-order valence-corrected chi connectivity index (χ4v) is 5.14. The molecule has 23 heavy (non-hydrogen) atoms. The number of urea groups is 1. The summed E-state index contributed by atoms with van der Waals surface area (Å²) in [5.74, 6) is 1.80. The molecule has 4 rings (SSSR count). The smallest absolute Gasteiger partial charge is 0.347 e. The highest BCUT2D eigenvalue weighted by Crippen LogP contribution is 2.50. The third-order valence-electron chi connectivity index (χ3n) is 4.67. The van der Waals surface area contributed by atoms with Gasteiger partial charge in [0.2, 0.25) is 5.72 Å². The zero-order chi connectivity index (χ0) is 16.0. The maximum Gasteiger partial charge on any atom is 0.347 e. The summed E-state index contributed by atoms with van der Waals surface area (Å²) in [5, 5.41) is 0.0936. The fourth-order valence-electron chi connectivity index (χ4n) is 3.61. The zero-order valence-electron chi connectivity index (χ0n) is 13.4. The number of aliphatic imine (C=N–C) groups is 1. The van der Waals surface area contributed by atoms with E-state index in [0.29, 0.717) is 19.8 Å². The van der Waals surface area contributed by atoms with E-state index in [2.05, 4.69) is 11.1 Å². The van der Waals surface area contributed by atoms with Gasteiger partial charge in [-0.05, 0) is 31.7 Å². The van der Waals surface area contributed by atoms with Crippen molar-refractivity contribution in [3.8, 4) is 5.75 Å². The van der Waals surface area contributed by atoms with Crippen molar-refractivity contribution in [1.82, 2.24) is 4.90 Å². The average molecular weight is 332 g/mol. The van der Waals surface area contributed by atoms with Gasteiger partial charge >= 0.3 is 6.03 Å². The van der Waals surface area contributed by atoms with Gasteiger partial charge in [-0.2, -0.15) is 4.99 Å². The summed E-state index contributed by atoms with van der Waals surface area (Å²) >= 11 is 1.83. The van der Waals surface area contributed by atoms with E-state index < -0.39 is 5.72 Å².